The first-order chi connectivity index (χ1) is 32.9. The summed E-state index contributed by atoms with van der Waals surface area (Å²) in [6, 6.07) is 26.8. The molecule has 6 unspecified atom stereocenters. The van der Waals surface area contributed by atoms with Gasteiger partial charge in [0.15, 0.2) is 11.5 Å². The van der Waals surface area contributed by atoms with Crippen LogP contribution in [0.3, 0.4) is 0 Å². The van der Waals surface area contributed by atoms with Crippen LogP contribution in [0.5, 0.6) is 23.0 Å². The lowest BCUT2D eigenvalue weighted by Crippen LogP contribution is -2.70. The van der Waals surface area contributed by atoms with Gasteiger partial charge in [-0.1, -0.05) is 90.8 Å². The van der Waals surface area contributed by atoms with Crippen molar-refractivity contribution in [1.29, 1.82) is 0 Å². The van der Waals surface area contributed by atoms with Crippen LogP contribution in [-0.2, 0) is 34.1 Å². The number of aliphatic hydroxyl groups is 2. The highest BCUT2D eigenvalue weighted by molar-refractivity contribution is 6.03. The number of hydrogen-bond acceptors (Lipinski definition) is 11. The van der Waals surface area contributed by atoms with Gasteiger partial charge in [0.05, 0.1) is 24.8 Å². The molecule has 13 heteroatoms. The van der Waals surface area contributed by atoms with E-state index in [4.69, 9.17) is 38.4 Å². The van der Waals surface area contributed by atoms with Crippen molar-refractivity contribution < 1.29 is 52.7 Å². The van der Waals surface area contributed by atoms with Crippen molar-refractivity contribution in [2.24, 2.45) is 22.9 Å². The Labute approximate surface area is 392 Å². The van der Waals surface area contributed by atoms with Gasteiger partial charge in [-0.2, -0.15) is 0 Å². The molecule has 0 saturated heterocycles. The molecular formula is C54H61FN2O10. The predicted octanol–water partition coefficient (Wildman–Crippen LogP) is 10.2. The minimum Gasteiger partial charge on any atom is -0.489 e. The Kier molecular flexibility index (Phi) is 15.9. The molecule has 67 heavy (non-hydrogen) atoms. The normalized spacial score (nSPS) is 22.7. The summed E-state index contributed by atoms with van der Waals surface area (Å²) in [7, 11) is 0. The fourth-order valence-corrected chi connectivity index (χ4v) is 10.1. The van der Waals surface area contributed by atoms with Crippen LogP contribution in [0.1, 0.15) is 79.5 Å². The number of allylic oxidation sites excluding steroid dienone is 1. The fraction of sp³-hybridized carbons (Fsp3) is 0.407. The number of halogens is 1. The number of oxime groups is 1. The summed E-state index contributed by atoms with van der Waals surface area (Å²) in [4.78, 5) is 22.8. The fourth-order valence-electron chi connectivity index (χ4n) is 10.1. The predicted molar refractivity (Wildman–Crippen MR) is 251 cm³/mol. The number of aliphatic hydroxyl groups excluding tert-OH is 2. The van der Waals surface area contributed by atoms with Crippen LogP contribution in [0, 0.1) is 23.6 Å². The zero-order valence-corrected chi connectivity index (χ0v) is 37.9. The number of nitrogens with zero attached hydrogens (tertiary/aromatic N) is 2. The summed E-state index contributed by atoms with van der Waals surface area (Å²) in [6.07, 6.45) is 10.0. The molecule has 354 valence electrons. The van der Waals surface area contributed by atoms with Gasteiger partial charge < -0.3 is 43.5 Å². The molecule has 8 rings (SSSR count). The molecule has 0 spiro atoms. The minimum atomic E-state index is -1.54. The number of benzene rings is 4. The Morgan fingerprint density at radius 2 is 1.64 bits per heavy atom. The highest BCUT2D eigenvalue weighted by Crippen LogP contribution is 2.62. The number of unbranched alkanes of at least 4 members (excludes halogenated alkanes) is 2. The van der Waals surface area contributed by atoms with E-state index in [1.165, 1.54) is 6.07 Å². The first kappa shape index (κ1) is 47.3. The number of ether oxygens (including phenoxy) is 6. The van der Waals surface area contributed by atoms with Gasteiger partial charge in [-0.25, -0.2) is 9.18 Å². The second-order valence-electron chi connectivity index (χ2n) is 17.4. The lowest BCUT2D eigenvalue weighted by Gasteiger charge is -2.59. The van der Waals surface area contributed by atoms with E-state index in [9.17, 15) is 19.4 Å². The van der Waals surface area contributed by atoms with E-state index in [1.807, 2.05) is 66.7 Å². The Morgan fingerprint density at radius 3 is 2.43 bits per heavy atom. The minimum absolute atomic E-state index is 0.0111. The SMILES string of the molecule is C=CCCOC(=O)N(Cc1ccc2c(c1)OCO2)C1CC(=NOCc2ccccc2)C2=CC(CCCCO)C(CCCCO)C3c4cc(OCc5ccccc5F)ccc4OC1(OCC=C)C23. The molecule has 1 amide bonds. The van der Waals surface area contributed by atoms with Crippen LogP contribution in [-0.4, -0.2) is 72.0 Å². The molecule has 0 bridgehead atoms. The van der Waals surface area contributed by atoms with E-state index in [-0.39, 0.29) is 83.0 Å². The maximum absolute atomic E-state index is 14.9. The molecule has 4 aromatic carbocycles. The third kappa shape index (κ3) is 10.7. The quantitative estimate of drug-likeness (QED) is 0.0420. The van der Waals surface area contributed by atoms with Crippen molar-refractivity contribution in [2.45, 2.75) is 88.9 Å². The number of carbonyl (C=O) groups is 1. The molecule has 12 nitrogen and oxygen atoms in total. The van der Waals surface area contributed by atoms with Crippen molar-refractivity contribution in [3.8, 4) is 23.0 Å². The third-order valence-electron chi connectivity index (χ3n) is 13.2. The molecule has 2 heterocycles. The lowest BCUT2D eigenvalue weighted by molar-refractivity contribution is -0.256. The molecule has 1 saturated carbocycles. The standard InChI is InChI=1S/C54H61FN2O10/c1-3-5-28-61-53(60)57(33-38-21-23-48-49(29-38)64-36-63-48)50-32-46(56-66-34-37-15-7-6-8-16-37)43-30-39(17-11-13-25-58)42(19-12-14-26-59)51-44-31-41(62-35-40-18-9-10-20-45(40)55)22-24-47(44)67-54(50,52(43)51)65-27-4-2/h3-4,6-10,15-16,18,20-24,29-31,39,42,50-52,58-59H,1-2,5,11-14,17,19,25-28,32-36H2. The first-order valence-corrected chi connectivity index (χ1v) is 23.4. The van der Waals surface area contributed by atoms with Crippen LogP contribution in [0.15, 0.2) is 133 Å². The monoisotopic (exact) mass is 916 g/mol. The van der Waals surface area contributed by atoms with Crippen molar-refractivity contribution in [3.63, 3.8) is 0 Å². The smallest absolute Gasteiger partial charge is 0.410 e. The van der Waals surface area contributed by atoms with Gasteiger partial charge in [-0.3, -0.25) is 4.90 Å². The van der Waals surface area contributed by atoms with Crippen LogP contribution < -0.4 is 18.9 Å². The number of rotatable bonds is 23. The van der Waals surface area contributed by atoms with Crippen LogP contribution in [0.4, 0.5) is 9.18 Å². The van der Waals surface area contributed by atoms with E-state index in [1.54, 1.807) is 35.3 Å². The topological polar surface area (TPSA) is 138 Å². The maximum Gasteiger partial charge on any atom is 0.410 e. The summed E-state index contributed by atoms with van der Waals surface area (Å²) in [5, 5.41) is 25.0. The van der Waals surface area contributed by atoms with Gasteiger partial charge in [0.2, 0.25) is 12.6 Å². The molecule has 4 aliphatic rings. The first-order valence-electron chi connectivity index (χ1n) is 23.4. The van der Waals surface area contributed by atoms with Crippen molar-refractivity contribution in [3.05, 3.63) is 156 Å². The number of amides is 1. The average Bonchev–Trinajstić information content (AvgIpc) is 3.82. The highest BCUT2D eigenvalue weighted by Gasteiger charge is 2.65. The van der Waals surface area contributed by atoms with Crippen molar-refractivity contribution in [2.75, 3.05) is 33.2 Å². The van der Waals surface area contributed by atoms with E-state index in [0.717, 1.165) is 47.9 Å². The second kappa shape index (κ2) is 22.6. The Hall–Kier alpha value is -6.15. The Balaban J connectivity index is 1.32. The summed E-state index contributed by atoms with van der Waals surface area (Å²) >= 11 is 0. The number of hydrogen-bond donors (Lipinski definition) is 2. The van der Waals surface area contributed by atoms with Crippen molar-refractivity contribution in [1.82, 2.24) is 4.90 Å². The molecule has 2 N–H and O–H groups in total. The van der Waals surface area contributed by atoms with Gasteiger partial charge in [-0.05, 0) is 97.0 Å². The van der Waals surface area contributed by atoms with Gasteiger partial charge in [-0.15, -0.1) is 13.2 Å². The average molecular weight is 917 g/mol. The Morgan fingerprint density at radius 1 is 0.866 bits per heavy atom. The maximum atomic E-state index is 14.9. The Bertz CT molecular complexity index is 2390. The van der Waals surface area contributed by atoms with Crippen LogP contribution in [0.2, 0.25) is 0 Å². The van der Waals surface area contributed by atoms with E-state index in [2.05, 4.69) is 19.2 Å². The van der Waals surface area contributed by atoms with E-state index >= 15 is 0 Å². The number of carbonyl (C=O) groups excluding carboxylic acids is 1. The van der Waals surface area contributed by atoms with Crippen LogP contribution >= 0.6 is 0 Å². The molecule has 2 aliphatic carbocycles. The molecule has 2 aliphatic heterocycles. The largest absolute Gasteiger partial charge is 0.489 e. The van der Waals surface area contributed by atoms with E-state index < -0.39 is 23.8 Å². The van der Waals surface area contributed by atoms with Gasteiger partial charge >= 0.3 is 6.09 Å². The summed E-state index contributed by atoms with van der Waals surface area (Å²) in [6.45, 7) is 8.62. The zero-order chi connectivity index (χ0) is 46.6. The molecule has 4 aromatic rings. The second-order valence-corrected chi connectivity index (χ2v) is 17.4. The van der Waals surface area contributed by atoms with Gasteiger partial charge in [0, 0.05) is 43.2 Å². The lowest BCUT2D eigenvalue weighted by atomic mass is 9.55. The summed E-state index contributed by atoms with van der Waals surface area (Å²) < 4.78 is 53.2. The molecule has 1 fully saturated rings. The van der Waals surface area contributed by atoms with Gasteiger partial charge in [0.1, 0.15) is 36.6 Å². The molecule has 6 atom stereocenters. The molecule has 0 radical (unpaired) electrons. The summed E-state index contributed by atoms with van der Waals surface area (Å²) in [5.74, 6) is -0.515. The molecular weight excluding hydrogens is 856 g/mol. The summed E-state index contributed by atoms with van der Waals surface area (Å²) in [5.41, 5.74) is 4.54. The number of fused-ring (bicyclic) bond motifs is 3. The molecule has 0 aromatic heterocycles. The third-order valence-corrected chi connectivity index (χ3v) is 13.2. The van der Waals surface area contributed by atoms with Gasteiger partial charge in [0.25, 0.3) is 0 Å². The van der Waals surface area contributed by atoms with E-state index in [0.29, 0.717) is 53.5 Å². The highest BCUT2D eigenvalue weighted by atomic mass is 19.1. The van der Waals surface area contributed by atoms with Crippen LogP contribution in [0.25, 0.3) is 0 Å². The van der Waals surface area contributed by atoms with Crippen molar-refractivity contribution >= 4 is 11.8 Å². The zero-order valence-electron chi connectivity index (χ0n) is 37.9.